The molecular weight excluding hydrogens is 154 g/mol. The van der Waals surface area contributed by atoms with Crippen LogP contribution < -0.4 is 0 Å². The smallest absolute Gasteiger partial charge is 0.266 e. The van der Waals surface area contributed by atoms with Crippen molar-refractivity contribution in [1.29, 1.82) is 0 Å². The van der Waals surface area contributed by atoms with E-state index in [2.05, 4.69) is 15.2 Å². The van der Waals surface area contributed by atoms with Crippen molar-refractivity contribution in [2.24, 2.45) is 0 Å². The molecule has 0 aliphatic rings. The largest absolute Gasteiger partial charge is 0.422 e. The number of hydrogen-bond donors (Lipinski definition) is 0. The first-order valence-corrected chi connectivity index (χ1v) is 3.56. The molecule has 2 heterocycles. The van der Waals surface area contributed by atoms with E-state index in [0.29, 0.717) is 5.89 Å². The number of rotatable bonds is 1. The van der Waals surface area contributed by atoms with Crippen LogP contribution in [0.15, 0.2) is 29.1 Å². The van der Waals surface area contributed by atoms with E-state index in [9.17, 15) is 0 Å². The Labute approximate surface area is 69.3 Å². The van der Waals surface area contributed by atoms with Crippen LogP contribution in [0.4, 0.5) is 0 Å². The minimum absolute atomic E-state index is 0.466. The van der Waals surface area contributed by atoms with Gasteiger partial charge in [0, 0.05) is 6.20 Å². The van der Waals surface area contributed by atoms with Gasteiger partial charge in [-0.25, -0.2) is 0 Å². The summed E-state index contributed by atoms with van der Waals surface area (Å²) in [7, 11) is 0. The Morgan fingerprint density at radius 3 is 3.00 bits per heavy atom. The molecule has 2 aromatic heterocycles. The Bertz CT molecular complexity index is 370. The lowest BCUT2D eigenvalue weighted by molar-refractivity contribution is 0.566. The zero-order valence-electron chi connectivity index (χ0n) is 6.56. The first kappa shape index (κ1) is 6.97. The van der Waals surface area contributed by atoms with Gasteiger partial charge in [0.15, 0.2) is 0 Å². The third kappa shape index (κ3) is 1.07. The predicted molar refractivity (Wildman–Crippen MR) is 42.3 cm³/mol. The summed E-state index contributed by atoms with van der Waals surface area (Å²) in [6.45, 7) is 1.95. The topological polar surface area (TPSA) is 51.8 Å². The van der Waals surface area contributed by atoms with Crippen LogP contribution in [-0.4, -0.2) is 15.2 Å². The lowest BCUT2D eigenvalue weighted by atomic mass is 10.2. The Balaban J connectivity index is 2.55. The van der Waals surface area contributed by atoms with Gasteiger partial charge in [-0.1, -0.05) is 6.07 Å². The van der Waals surface area contributed by atoms with E-state index in [1.807, 2.05) is 19.1 Å². The maximum absolute atomic E-state index is 5.02. The van der Waals surface area contributed by atoms with Gasteiger partial charge in [-0.05, 0) is 18.6 Å². The van der Waals surface area contributed by atoms with Crippen molar-refractivity contribution >= 4 is 0 Å². The quantitative estimate of drug-likeness (QED) is 0.635. The van der Waals surface area contributed by atoms with Crippen LogP contribution >= 0.6 is 0 Å². The van der Waals surface area contributed by atoms with Gasteiger partial charge < -0.3 is 4.42 Å². The molecular formula is C8H7N3O. The lowest BCUT2D eigenvalue weighted by Gasteiger charge is -1.96. The highest BCUT2D eigenvalue weighted by molar-refractivity contribution is 5.50. The summed E-state index contributed by atoms with van der Waals surface area (Å²) in [5, 5.41) is 7.35. The molecule has 0 N–H and O–H groups in total. The molecule has 0 saturated carbocycles. The molecule has 2 rings (SSSR count). The van der Waals surface area contributed by atoms with E-state index in [1.165, 1.54) is 6.39 Å². The Morgan fingerprint density at radius 1 is 1.42 bits per heavy atom. The average molecular weight is 161 g/mol. The molecule has 60 valence electrons. The molecule has 4 nitrogen and oxygen atoms in total. The average Bonchev–Trinajstić information content (AvgIpc) is 2.57. The van der Waals surface area contributed by atoms with Crippen LogP contribution in [0.3, 0.4) is 0 Å². The fourth-order valence-corrected chi connectivity index (χ4v) is 0.986. The standard InChI is InChI=1S/C8H7N3O/c1-6-3-2-4-9-7(6)8-11-10-5-12-8/h2-5H,1H3. The third-order valence-corrected chi connectivity index (χ3v) is 1.57. The monoisotopic (exact) mass is 161 g/mol. The van der Waals surface area contributed by atoms with Crippen molar-refractivity contribution in [2.75, 3.05) is 0 Å². The fraction of sp³-hybridized carbons (Fsp3) is 0.125. The van der Waals surface area contributed by atoms with E-state index in [1.54, 1.807) is 6.20 Å². The molecule has 0 bridgehead atoms. The van der Waals surface area contributed by atoms with Crippen LogP contribution in [0.2, 0.25) is 0 Å². The van der Waals surface area contributed by atoms with Gasteiger partial charge in [0.25, 0.3) is 5.89 Å². The van der Waals surface area contributed by atoms with Crippen molar-refractivity contribution in [3.63, 3.8) is 0 Å². The fourth-order valence-electron chi connectivity index (χ4n) is 0.986. The van der Waals surface area contributed by atoms with Crippen molar-refractivity contribution in [1.82, 2.24) is 15.2 Å². The Morgan fingerprint density at radius 2 is 2.33 bits per heavy atom. The van der Waals surface area contributed by atoms with Crippen LogP contribution in [0.5, 0.6) is 0 Å². The zero-order valence-corrected chi connectivity index (χ0v) is 6.56. The van der Waals surface area contributed by atoms with E-state index in [-0.39, 0.29) is 0 Å². The summed E-state index contributed by atoms with van der Waals surface area (Å²) in [6, 6.07) is 3.82. The third-order valence-electron chi connectivity index (χ3n) is 1.57. The first-order chi connectivity index (χ1) is 5.88. The lowest BCUT2D eigenvalue weighted by Crippen LogP contribution is -1.86. The minimum atomic E-state index is 0.466. The molecule has 0 spiro atoms. The van der Waals surface area contributed by atoms with Crippen molar-refractivity contribution in [3.05, 3.63) is 30.3 Å². The molecule has 2 aromatic rings. The van der Waals surface area contributed by atoms with E-state index < -0.39 is 0 Å². The summed E-state index contributed by atoms with van der Waals surface area (Å²) in [5.74, 6) is 0.466. The van der Waals surface area contributed by atoms with Crippen LogP contribution in [0, 0.1) is 6.92 Å². The second-order valence-electron chi connectivity index (χ2n) is 2.41. The summed E-state index contributed by atoms with van der Waals surface area (Å²) in [6.07, 6.45) is 3.00. The van der Waals surface area contributed by atoms with Crippen molar-refractivity contribution in [3.8, 4) is 11.6 Å². The van der Waals surface area contributed by atoms with Crippen LogP contribution in [-0.2, 0) is 0 Å². The van der Waals surface area contributed by atoms with Crippen LogP contribution in [0.25, 0.3) is 11.6 Å². The molecule has 0 amide bonds. The minimum Gasteiger partial charge on any atom is -0.422 e. The number of pyridine rings is 1. The Kier molecular flexibility index (Phi) is 1.59. The molecule has 4 heteroatoms. The highest BCUT2D eigenvalue weighted by atomic mass is 16.4. The van der Waals surface area contributed by atoms with Gasteiger partial charge in [-0.3, -0.25) is 4.98 Å². The van der Waals surface area contributed by atoms with Crippen LogP contribution in [0.1, 0.15) is 5.56 Å². The number of aromatic nitrogens is 3. The van der Waals surface area contributed by atoms with E-state index in [4.69, 9.17) is 4.42 Å². The number of hydrogen-bond acceptors (Lipinski definition) is 4. The second kappa shape index (κ2) is 2.73. The summed E-state index contributed by atoms with van der Waals surface area (Å²) < 4.78 is 5.02. The summed E-state index contributed by atoms with van der Waals surface area (Å²) in [5.41, 5.74) is 1.77. The van der Waals surface area contributed by atoms with Crippen molar-refractivity contribution < 1.29 is 4.42 Å². The molecule has 0 aliphatic heterocycles. The zero-order chi connectivity index (χ0) is 8.39. The van der Waals surface area contributed by atoms with Crippen molar-refractivity contribution in [2.45, 2.75) is 6.92 Å². The summed E-state index contributed by atoms with van der Waals surface area (Å²) >= 11 is 0. The van der Waals surface area contributed by atoms with Gasteiger partial charge in [0.05, 0.1) is 0 Å². The molecule has 0 unspecified atom stereocenters. The molecule has 0 radical (unpaired) electrons. The van der Waals surface area contributed by atoms with E-state index >= 15 is 0 Å². The van der Waals surface area contributed by atoms with Gasteiger partial charge in [0.2, 0.25) is 6.39 Å². The van der Waals surface area contributed by atoms with Gasteiger partial charge in [0.1, 0.15) is 5.69 Å². The van der Waals surface area contributed by atoms with Gasteiger partial charge >= 0.3 is 0 Å². The maximum atomic E-state index is 5.02. The molecule has 0 aliphatic carbocycles. The predicted octanol–water partition coefficient (Wildman–Crippen LogP) is 1.44. The highest BCUT2D eigenvalue weighted by Crippen LogP contribution is 2.16. The molecule has 12 heavy (non-hydrogen) atoms. The maximum Gasteiger partial charge on any atom is 0.266 e. The Hall–Kier alpha value is -1.71. The van der Waals surface area contributed by atoms with Gasteiger partial charge in [-0.15, -0.1) is 10.2 Å². The first-order valence-electron chi connectivity index (χ1n) is 3.56. The molecule has 0 aromatic carbocycles. The van der Waals surface area contributed by atoms with E-state index in [0.717, 1.165) is 11.3 Å². The number of nitrogens with zero attached hydrogens (tertiary/aromatic N) is 3. The normalized spacial score (nSPS) is 10.1. The second-order valence-corrected chi connectivity index (χ2v) is 2.41. The van der Waals surface area contributed by atoms with Gasteiger partial charge in [-0.2, -0.15) is 0 Å². The molecule has 0 atom stereocenters. The number of aryl methyl sites for hydroxylation is 1. The summed E-state index contributed by atoms with van der Waals surface area (Å²) in [4.78, 5) is 4.12. The molecule has 0 saturated heterocycles. The SMILES string of the molecule is Cc1cccnc1-c1nnco1. The molecule has 0 fully saturated rings. The highest BCUT2D eigenvalue weighted by Gasteiger charge is 2.06.